The van der Waals surface area contributed by atoms with Gasteiger partial charge in [-0.15, -0.1) is 0 Å². The van der Waals surface area contributed by atoms with Crippen LogP contribution in [-0.2, 0) is 0 Å². The van der Waals surface area contributed by atoms with Crippen LogP contribution in [0.5, 0.6) is 0 Å². The normalized spacial score (nSPS) is 11.3. The maximum Gasteiger partial charge on any atom is 0.101 e. The standard InChI is InChI=1S/2C44H26N4.C43H27N3/c45-27-29-11-7-15-33(25-29)47-40-22-5-2-16-36(40)37-20-9-19-35(44(37)47)31-14-8-13-30(26-31)34-18-10-24-42-43(34)38-17-3-6-23-41(38)48(42)39-21-4-1-12-32(39)28-46;45-27-29-22-24-33(25-23-29)47-40-19-5-2-13-36(40)37-17-8-16-35(44(37)47)31-12-7-11-30(26-31)34-15-9-21-42-43(34)38-14-3-6-20-41(38)48(42)39-18-4-1-10-32(39)28-46;44-28-29-23-25-33(26-24-29)45-40-21-7-5-16-38(40)42-34(17-10-22-41(42)45)30-11-8-12-31(27-30)35-18-9-19-37-36-15-4-6-20-39(36)46(43(35)37)32-13-2-1-3-14-32/h2*1-26H;1-27H. The van der Waals surface area contributed by atoms with E-state index >= 15 is 0 Å². The van der Waals surface area contributed by atoms with E-state index in [4.69, 9.17) is 0 Å². The number of hydrogen-bond acceptors (Lipinski definition) is 5. The van der Waals surface area contributed by atoms with Gasteiger partial charge >= 0.3 is 0 Å². The lowest BCUT2D eigenvalue weighted by molar-refractivity contribution is 1.17. The number of fused-ring (bicyclic) bond motifs is 18. The molecular formula is C131H79N11. The third-order valence-corrected chi connectivity index (χ3v) is 27.9. The van der Waals surface area contributed by atoms with Crippen LogP contribution < -0.4 is 0 Å². The molecule has 0 atom stereocenters. The highest BCUT2D eigenvalue weighted by Gasteiger charge is 2.27. The number of para-hydroxylation sites is 12. The molecule has 0 fully saturated rings. The molecule has 0 aliphatic heterocycles. The van der Waals surface area contributed by atoms with E-state index in [1.165, 1.54) is 71.0 Å². The second-order valence-electron chi connectivity index (χ2n) is 35.6. The van der Waals surface area contributed by atoms with Gasteiger partial charge in [-0.05, 0) is 226 Å². The third kappa shape index (κ3) is 13.8. The molecule has 0 aliphatic carbocycles. The summed E-state index contributed by atoms with van der Waals surface area (Å²) in [5.74, 6) is 0. The lowest BCUT2D eigenvalue weighted by atomic mass is 9.95. The molecule has 0 bridgehead atoms. The molecule has 27 aromatic rings. The van der Waals surface area contributed by atoms with Crippen molar-refractivity contribution in [3.05, 3.63) is 507 Å². The fourth-order valence-electron chi connectivity index (χ4n) is 21.9. The van der Waals surface area contributed by atoms with E-state index in [9.17, 15) is 26.3 Å². The van der Waals surface area contributed by atoms with Gasteiger partial charge in [0, 0.05) is 104 Å². The zero-order valence-electron chi connectivity index (χ0n) is 76.5. The summed E-state index contributed by atoms with van der Waals surface area (Å²) < 4.78 is 13.7. The molecule has 6 aromatic heterocycles. The van der Waals surface area contributed by atoms with Crippen LogP contribution >= 0.6 is 0 Å². The van der Waals surface area contributed by atoms with E-state index in [2.05, 4.69) is 422 Å². The monoisotopic (exact) mass is 1810 g/mol. The fourth-order valence-corrected chi connectivity index (χ4v) is 21.9. The van der Waals surface area contributed by atoms with Gasteiger partial charge in [0.15, 0.2) is 0 Å². The van der Waals surface area contributed by atoms with Crippen LogP contribution in [0.4, 0.5) is 0 Å². The summed E-state index contributed by atoms with van der Waals surface area (Å²) in [6.07, 6.45) is 0. The lowest BCUT2D eigenvalue weighted by Gasteiger charge is -2.13. The maximum absolute atomic E-state index is 9.99. The number of benzene rings is 21. The van der Waals surface area contributed by atoms with Gasteiger partial charge in [-0.25, -0.2) is 0 Å². The van der Waals surface area contributed by atoms with Crippen molar-refractivity contribution in [2.45, 2.75) is 0 Å². The van der Waals surface area contributed by atoms with Crippen LogP contribution in [0.3, 0.4) is 0 Å². The Morgan fingerprint density at radius 2 is 0.401 bits per heavy atom. The van der Waals surface area contributed by atoms with Gasteiger partial charge in [-0.3, -0.25) is 0 Å². The van der Waals surface area contributed by atoms with Crippen molar-refractivity contribution >= 4 is 131 Å². The minimum Gasteiger partial charge on any atom is -0.309 e. The average Bonchev–Trinajstić information content (AvgIpc) is 1.25. The smallest absolute Gasteiger partial charge is 0.101 e. The Kier molecular flexibility index (Phi) is 20.6. The highest BCUT2D eigenvalue weighted by atomic mass is 15.0. The zero-order chi connectivity index (χ0) is 95.0. The molecule has 0 amide bonds. The molecule has 11 nitrogen and oxygen atoms in total. The minimum atomic E-state index is 0.627. The quantitative estimate of drug-likeness (QED) is 0.119. The van der Waals surface area contributed by atoms with Gasteiger partial charge in [0.1, 0.15) is 12.1 Å². The van der Waals surface area contributed by atoms with Crippen molar-refractivity contribution < 1.29 is 0 Å². The number of nitrogens with zero attached hydrogens (tertiary/aromatic N) is 11. The van der Waals surface area contributed by atoms with Crippen molar-refractivity contribution in [2.75, 3.05) is 0 Å². The molecule has 0 saturated heterocycles. The summed E-state index contributed by atoms with van der Waals surface area (Å²) >= 11 is 0. The molecule has 0 unspecified atom stereocenters. The van der Waals surface area contributed by atoms with E-state index in [-0.39, 0.29) is 0 Å². The van der Waals surface area contributed by atoms with Crippen molar-refractivity contribution in [1.29, 1.82) is 26.3 Å². The Morgan fingerprint density at radius 1 is 0.148 bits per heavy atom. The Hall–Kier alpha value is -20.1. The summed E-state index contributed by atoms with van der Waals surface area (Å²) in [5, 5.41) is 62.7. The van der Waals surface area contributed by atoms with E-state index in [1.807, 2.05) is 115 Å². The summed E-state index contributed by atoms with van der Waals surface area (Å²) in [5.41, 5.74) is 36.2. The predicted molar refractivity (Wildman–Crippen MR) is 582 cm³/mol. The van der Waals surface area contributed by atoms with Gasteiger partial charge in [-0.2, -0.15) is 26.3 Å². The summed E-state index contributed by atoms with van der Waals surface area (Å²) in [7, 11) is 0. The van der Waals surface area contributed by atoms with E-state index < -0.39 is 0 Å². The van der Waals surface area contributed by atoms with Crippen LogP contribution in [0.15, 0.2) is 479 Å². The molecule has 11 heteroatoms. The van der Waals surface area contributed by atoms with Crippen molar-refractivity contribution in [3.8, 4) is 131 Å². The number of rotatable bonds is 12. The Labute approximate surface area is 817 Å². The fraction of sp³-hybridized carbons (Fsp3) is 0. The van der Waals surface area contributed by atoms with Crippen molar-refractivity contribution in [2.24, 2.45) is 0 Å². The summed E-state index contributed by atoms with van der Waals surface area (Å²) in [6.45, 7) is 0. The first-order valence-corrected chi connectivity index (χ1v) is 47.3. The van der Waals surface area contributed by atoms with Crippen LogP contribution in [0.25, 0.3) is 232 Å². The highest BCUT2D eigenvalue weighted by Crippen LogP contribution is 2.49. The molecule has 0 aliphatic rings. The van der Waals surface area contributed by atoms with Gasteiger partial charge in [0.2, 0.25) is 0 Å². The number of nitriles is 5. The molecular weight excluding hydrogens is 1730 g/mol. The van der Waals surface area contributed by atoms with Crippen LogP contribution in [0.1, 0.15) is 27.8 Å². The highest BCUT2D eigenvalue weighted by molar-refractivity contribution is 6.22. The Balaban J connectivity index is 0.000000112. The first-order chi connectivity index (χ1) is 70.3. The second-order valence-corrected chi connectivity index (χ2v) is 35.6. The first kappa shape index (κ1) is 83.7. The third-order valence-electron chi connectivity index (χ3n) is 27.9. The molecule has 27 rings (SSSR count). The molecule has 21 aromatic carbocycles. The largest absolute Gasteiger partial charge is 0.309 e. The van der Waals surface area contributed by atoms with Gasteiger partial charge in [0.05, 0.1) is 124 Å². The molecule has 6 heterocycles. The second kappa shape index (κ2) is 35.0. The lowest BCUT2D eigenvalue weighted by Crippen LogP contribution is -1.97. The number of aromatic nitrogens is 6. The maximum atomic E-state index is 9.99. The van der Waals surface area contributed by atoms with Crippen molar-refractivity contribution in [1.82, 2.24) is 27.4 Å². The minimum absolute atomic E-state index is 0.627. The Bertz CT molecular complexity index is 10100. The molecule has 658 valence electrons. The average molecular weight is 1810 g/mol. The molecule has 142 heavy (non-hydrogen) atoms. The van der Waals surface area contributed by atoms with Gasteiger partial charge in [-0.1, -0.05) is 303 Å². The predicted octanol–water partition coefficient (Wildman–Crippen LogP) is 33.0. The van der Waals surface area contributed by atoms with Crippen LogP contribution in [0, 0.1) is 56.7 Å². The first-order valence-electron chi connectivity index (χ1n) is 47.3. The Morgan fingerprint density at radius 3 is 0.775 bits per heavy atom. The zero-order valence-corrected chi connectivity index (χ0v) is 76.5. The van der Waals surface area contributed by atoms with Gasteiger partial charge < -0.3 is 27.4 Å². The van der Waals surface area contributed by atoms with Crippen LogP contribution in [0.2, 0.25) is 0 Å². The molecule has 0 N–H and O–H groups in total. The van der Waals surface area contributed by atoms with E-state index in [0.717, 1.165) is 161 Å². The van der Waals surface area contributed by atoms with E-state index in [0.29, 0.717) is 27.8 Å². The number of hydrogen-bond donors (Lipinski definition) is 0. The molecule has 0 spiro atoms. The molecule has 0 radical (unpaired) electrons. The van der Waals surface area contributed by atoms with E-state index in [1.54, 1.807) is 0 Å². The topological polar surface area (TPSA) is 149 Å². The SMILES string of the molecule is N#Cc1ccc(-n2c3ccccc3c3c(-c4cccc(-c5cccc6c7ccccc7n(-c7ccccc7)c56)c4)cccc32)cc1.N#Cc1ccc(-n2c3ccccc3c3cccc(-c4cccc(-c5cccc6c5c5ccccc5n6-c5ccccc5C#N)c4)c32)cc1.N#Cc1cccc(-n2c3ccccc3c3cccc(-c4cccc(-c5cccc6c5c5ccccc5n6-c5ccccc5C#N)c4)c32)c1. The summed E-state index contributed by atoms with van der Waals surface area (Å²) in [4.78, 5) is 0. The molecule has 0 saturated carbocycles. The van der Waals surface area contributed by atoms with Crippen molar-refractivity contribution in [3.63, 3.8) is 0 Å². The summed E-state index contributed by atoms with van der Waals surface area (Å²) in [6, 6.07) is 178. The van der Waals surface area contributed by atoms with Crippen LogP contribution in [-0.4, -0.2) is 27.4 Å². The van der Waals surface area contributed by atoms with Gasteiger partial charge in [0.25, 0.3) is 0 Å².